The normalized spacial score (nSPS) is 17.1. The van der Waals surface area contributed by atoms with Crippen LogP contribution in [0.5, 0.6) is 23.0 Å². The van der Waals surface area contributed by atoms with Crippen LogP contribution in [0.25, 0.3) is 0 Å². The van der Waals surface area contributed by atoms with Crippen LogP contribution in [0.4, 0.5) is 0 Å². The highest BCUT2D eigenvalue weighted by atomic mass is 32.2. The third-order valence-corrected chi connectivity index (χ3v) is 10.2. The number of methoxy groups -OCH3 is 3. The summed E-state index contributed by atoms with van der Waals surface area (Å²) in [7, 11) is 4.61. The molecule has 0 saturated heterocycles. The van der Waals surface area contributed by atoms with Crippen LogP contribution in [-0.2, 0) is 38.0 Å². The first-order valence-electron chi connectivity index (χ1n) is 17.3. The van der Waals surface area contributed by atoms with Crippen LogP contribution in [0.3, 0.4) is 0 Å². The van der Waals surface area contributed by atoms with Gasteiger partial charge in [0.05, 0.1) is 78.7 Å². The summed E-state index contributed by atoms with van der Waals surface area (Å²) in [6.07, 6.45) is 0. The number of ether oxygens (including phenoxy) is 9. The molecule has 0 spiro atoms. The molecule has 2 aromatic carbocycles. The molecule has 14 nitrogen and oxygen atoms in total. The van der Waals surface area contributed by atoms with Gasteiger partial charge >= 0.3 is 5.97 Å². The van der Waals surface area contributed by atoms with Crippen molar-refractivity contribution in [2.45, 2.75) is 39.3 Å². The fraction of sp³-hybridized carbons (Fsp3) is 0.605. The van der Waals surface area contributed by atoms with E-state index in [1.165, 1.54) is 24.9 Å². The zero-order valence-electron chi connectivity index (χ0n) is 31.6. The summed E-state index contributed by atoms with van der Waals surface area (Å²) in [6, 6.07) is 10.3. The Labute approximate surface area is 328 Å². The van der Waals surface area contributed by atoms with Crippen LogP contribution >= 0.6 is 23.5 Å². The summed E-state index contributed by atoms with van der Waals surface area (Å²) in [5.41, 5.74) is 0.314. The molecule has 2 aliphatic heterocycles. The lowest BCUT2D eigenvalue weighted by molar-refractivity contribution is -0.145. The molecule has 0 aromatic heterocycles. The van der Waals surface area contributed by atoms with Crippen molar-refractivity contribution in [3.8, 4) is 23.0 Å². The lowest BCUT2D eigenvalue weighted by atomic mass is 10.1. The third kappa shape index (κ3) is 16.3. The number of nitrogens with zero attached hydrogens (tertiary/aromatic N) is 2. The first-order valence-corrected chi connectivity index (χ1v) is 19.2. The Kier molecular flexibility index (Phi) is 21.9. The van der Waals surface area contributed by atoms with Crippen LogP contribution in [-0.4, -0.2) is 149 Å². The lowest BCUT2D eigenvalue weighted by Crippen LogP contribution is -2.34. The number of aromatic hydroxyl groups is 2. The molecule has 0 bridgehead atoms. The quantitative estimate of drug-likeness (QED) is 0.111. The van der Waals surface area contributed by atoms with Gasteiger partial charge < -0.3 is 52.8 Å². The highest BCUT2D eigenvalue weighted by Crippen LogP contribution is 2.36. The van der Waals surface area contributed by atoms with Crippen LogP contribution in [0, 0.1) is 0 Å². The van der Waals surface area contributed by atoms with Gasteiger partial charge in [-0.2, -0.15) is 0 Å². The first kappa shape index (κ1) is 47.1. The summed E-state index contributed by atoms with van der Waals surface area (Å²) in [5.74, 6) is 2.38. The van der Waals surface area contributed by atoms with Gasteiger partial charge in [0.1, 0.15) is 46.3 Å². The molecule has 2 N–H and O–H groups in total. The molecule has 0 aliphatic carbocycles. The van der Waals surface area contributed by atoms with E-state index in [4.69, 9.17) is 42.6 Å². The third-order valence-electron chi connectivity index (χ3n) is 7.43. The minimum Gasteiger partial charge on any atom is -0.507 e. The summed E-state index contributed by atoms with van der Waals surface area (Å²) in [5, 5.41) is 22.0. The summed E-state index contributed by atoms with van der Waals surface area (Å²) < 4.78 is 47.1. The smallest absolute Gasteiger partial charge is 0.334 e. The van der Waals surface area contributed by atoms with E-state index in [0.717, 1.165) is 16.4 Å². The number of benzene rings is 2. The average molecular weight is 799 g/mol. The Bertz CT molecular complexity index is 1480. The van der Waals surface area contributed by atoms with Gasteiger partial charge in [0.15, 0.2) is 5.54 Å². The topological polar surface area (TPSA) is 165 Å². The van der Waals surface area contributed by atoms with Crippen molar-refractivity contribution in [2.75, 3.05) is 112 Å². The van der Waals surface area contributed by atoms with Crippen molar-refractivity contribution in [3.63, 3.8) is 0 Å². The standard InChI is InChI=1S/C19H27NO7S.C18H27NO5S.CH4/c1-19(18(22)24-3)13-28-17(20-19)15-5-4-14(12-16(15)21)27-11-10-26-9-8-25-7-6-23-2;1-18(2)13-25-17(19-18)15-5-4-14(12-16(15)20)24-11-10-23-9-8-22-7-6-21-3;/h4-5,12,21H,6-11,13H2,1-3H3;4-5,12,20H,6-11,13H2,1-3H3;1H4/t19-;;/m1../s1. The van der Waals surface area contributed by atoms with Gasteiger partial charge in [0.2, 0.25) is 0 Å². The van der Waals surface area contributed by atoms with Crippen molar-refractivity contribution < 1.29 is 57.6 Å². The fourth-order valence-electron chi connectivity index (χ4n) is 4.61. The predicted molar refractivity (Wildman–Crippen MR) is 213 cm³/mol. The minimum absolute atomic E-state index is 0. The number of esters is 1. The summed E-state index contributed by atoms with van der Waals surface area (Å²) >= 11 is 3.07. The monoisotopic (exact) mass is 798 g/mol. The first-order chi connectivity index (χ1) is 25.5. The van der Waals surface area contributed by atoms with Gasteiger partial charge in [0.25, 0.3) is 0 Å². The zero-order valence-corrected chi connectivity index (χ0v) is 33.2. The molecule has 54 heavy (non-hydrogen) atoms. The highest BCUT2D eigenvalue weighted by molar-refractivity contribution is 8.15. The van der Waals surface area contributed by atoms with Gasteiger partial charge in [-0.15, -0.1) is 23.5 Å². The van der Waals surface area contributed by atoms with Crippen molar-refractivity contribution in [1.29, 1.82) is 0 Å². The lowest BCUT2D eigenvalue weighted by Gasteiger charge is -2.15. The number of phenols is 2. The molecule has 304 valence electrons. The van der Waals surface area contributed by atoms with Crippen molar-refractivity contribution in [1.82, 2.24) is 0 Å². The van der Waals surface area contributed by atoms with Crippen LogP contribution in [0.1, 0.15) is 39.3 Å². The van der Waals surface area contributed by atoms with E-state index in [0.29, 0.717) is 107 Å². The van der Waals surface area contributed by atoms with Crippen molar-refractivity contribution in [2.24, 2.45) is 9.98 Å². The van der Waals surface area contributed by atoms with E-state index in [1.807, 2.05) is 12.1 Å². The number of hydrogen-bond donors (Lipinski definition) is 2. The molecule has 1 atom stereocenters. The van der Waals surface area contributed by atoms with Gasteiger partial charge in [0, 0.05) is 49.0 Å². The number of thioether (sulfide) groups is 2. The fourth-order valence-corrected chi connectivity index (χ4v) is 7.00. The Morgan fingerprint density at radius 3 is 1.43 bits per heavy atom. The Balaban J connectivity index is 0.000000369. The molecule has 4 rings (SSSR count). The Morgan fingerprint density at radius 2 is 1.04 bits per heavy atom. The number of aliphatic imine (C=N–C) groups is 2. The van der Waals surface area contributed by atoms with Gasteiger partial charge in [-0.05, 0) is 45.0 Å². The number of hydrogen-bond acceptors (Lipinski definition) is 16. The second-order valence-corrected chi connectivity index (χ2v) is 14.4. The summed E-state index contributed by atoms with van der Waals surface area (Å²) in [4.78, 5) is 20.9. The molecular formula is C38H58N2O12S2. The molecule has 2 heterocycles. The van der Waals surface area contributed by atoms with Crippen LogP contribution < -0.4 is 9.47 Å². The van der Waals surface area contributed by atoms with Crippen molar-refractivity contribution in [3.05, 3.63) is 47.5 Å². The maximum atomic E-state index is 11.9. The number of rotatable bonds is 23. The molecule has 0 saturated carbocycles. The molecule has 0 amide bonds. The molecule has 0 radical (unpaired) electrons. The van der Waals surface area contributed by atoms with Crippen LogP contribution in [0.2, 0.25) is 0 Å². The Morgan fingerprint density at radius 1 is 0.630 bits per heavy atom. The minimum atomic E-state index is -0.930. The average Bonchev–Trinajstić information content (AvgIpc) is 3.72. The predicted octanol–water partition coefficient (Wildman–Crippen LogP) is 5.23. The SMILES string of the molecule is C.COCCOCCOCCOc1ccc(C2=NC(C)(C)CS2)c(O)c1.COCCOCCOCCOc1ccc(C2=N[C@@](C)(C(=O)OC)CS2)c(O)c1. The maximum Gasteiger partial charge on any atom is 0.334 e. The van der Waals surface area contributed by atoms with E-state index in [2.05, 4.69) is 23.8 Å². The second kappa shape index (κ2) is 25.1. The second-order valence-electron chi connectivity index (χ2n) is 12.5. The largest absolute Gasteiger partial charge is 0.507 e. The van der Waals surface area contributed by atoms with E-state index in [9.17, 15) is 15.0 Å². The van der Waals surface area contributed by atoms with E-state index in [1.54, 1.807) is 51.1 Å². The van der Waals surface area contributed by atoms with E-state index < -0.39 is 11.5 Å². The van der Waals surface area contributed by atoms with Crippen LogP contribution in [0.15, 0.2) is 46.4 Å². The summed E-state index contributed by atoms with van der Waals surface area (Å²) in [6.45, 7) is 11.9. The zero-order chi connectivity index (χ0) is 38.5. The van der Waals surface area contributed by atoms with Gasteiger partial charge in [-0.3, -0.25) is 9.98 Å². The van der Waals surface area contributed by atoms with Gasteiger partial charge in [-0.25, -0.2) is 4.79 Å². The van der Waals surface area contributed by atoms with Gasteiger partial charge in [-0.1, -0.05) is 7.43 Å². The van der Waals surface area contributed by atoms with Crippen molar-refractivity contribution >= 4 is 39.6 Å². The molecule has 0 fully saturated rings. The highest BCUT2D eigenvalue weighted by Gasteiger charge is 2.40. The number of phenolic OH excluding ortho intramolecular Hbond substituents is 2. The number of carbonyl (C=O) groups excluding carboxylic acids is 1. The molecule has 0 unspecified atom stereocenters. The maximum absolute atomic E-state index is 11.9. The van der Waals surface area contributed by atoms with E-state index in [-0.39, 0.29) is 24.5 Å². The Hall–Kier alpha value is -3.09. The molecule has 16 heteroatoms. The molecule has 2 aliphatic rings. The van der Waals surface area contributed by atoms with E-state index >= 15 is 0 Å². The molecule has 2 aromatic rings. The number of carbonyl (C=O) groups is 1. The molecular weight excluding hydrogens is 741 g/mol.